The molecule has 1 amide bonds. The number of likely N-dealkylation sites (tertiary alicyclic amines) is 1. The molecule has 2 aliphatic heterocycles. The van der Waals surface area contributed by atoms with Crippen molar-refractivity contribution in [2.45, 2.75) is 50.1 Å². The van der Waals surface area contributed by atoms with E-state index < -0.39 is 0 Å². The Morgan fingerprint density at radius 3 is 2.57 bits per heavy atom. The van der Waals surface area contributed by atoms with Crippen LogP contribution in [0.3, 0.4) is 0 Å². The van der Waals surface area contributed by atoms with Gasteiger partial charge in [-0.05, 0) is 48.9 Å². The van der Waals surface area contributed by atoms with Gasteiger partial charge in [0, 0.05) is 60.2 Å². The molecule has 3 heterocycles. The fourth-order valence-corrected chi connectivity index (χ4v) is 6.57. The number of hydrogen-bond donors (Lipinski definition) is 2. The van der Waals surface area contributed by atoms with E-state index in [4.69, 9.17) is 4.74 Å². The van der Waals surface area contributed by atoms with Gasteiger partial charge in [0.25, 0.3) is 0 Å². The lowest BCUT2D eigenvalue weighted by Gasteiger charge is -2.50. The van der Waals surface area contributed by atoms with Crippen LogP contribution in [-0.2, 0) is 16.8 Å². The molecule has 2 aromatic carbocycles. The van der Waals surface area contributed by atoms with E-state index in [1.165, 1.54) is 22.9 Å². The molecule has 184 valence electrons. The molecular weight excluding hydrogens is 438 g/mol. The monoisotopic (exact) mass is 473 g/mol. The highest BCUT2D eigenvalue weighted by Crippen LogP contribution is 2.49. The number of fused-ring (bicyclic) bond motifs is 4. The van der Waals surface area contributed by atoms with Gasteiger partial charge in [0.1, 0.15) is 5.75 Å². The molecule has 6 heteroatoms. The van der Waals surface area contributed by atoms with Crippen molar-refractivity contribution in [3.05, 3.63) is 65.4 Å². The summed E-state index contributed by atoms with van der Waals surface area (Å²) in [4.78, 5) is 21.2. The van der Waals surface area contributed by atoms with Gasteiger partial charge in [-0.2, -0.15) is 0 Å². The molecule has 3 aliphatic rings. The van der Waals surface area contributed by atoms with Gasteiger partial charge < -0.3 is 19.7 Å². The molecule has 2 N–H and O–H groups in total. The van der Waals surface area contributed by atoms with Crippen molar-refractivity contribution in [3.8, 4) is 5.75 Å². The Bertz CT molecular complexity index is 1210. The maximum atomic E-state index is 13.0. The van der Waals surface area contributed by atoms with Crippen molar-refractivity contribution in [3.63, 3.8) is 0 Å². The van der Waals surface area contributed by atoms with Crippen LogP contribution < -0.4 is 4.74 Å². The molecule has 3 aromatic rings. The zero-order valence-electron chi connectivity index (χ0n) is 20.5. The lowest BCUT2D eigenvalue weighted by Crippen LogP contribution is -2.55. The second-order valence-corrected chi connectivity index (χ2v) is 10.6. The van der Waals surface area contributed by atoms with Crippen LogP contribution in [0.5, 0.6) is 5.75 Å². The number of carbonyl (C=O) groups excluding carboxylic acids is 1. The van der Waals surface area contributed by atoms with E-state index in [0.717, 1.165) is 68.8 Å². The minimum atomic E-state index is -0.0936. The number of nitrogens with one attached hydrogen (secondary N) is 1. The van der Waals surface area contributed by atoms with Gasteiger partial charge in [0.05, 0.1) is 19.8 Å². The molecule has 2 fully saturated rings. The van der Waals surface area contributed by atoms with Gasteiger partial charge in [0.2, 0.25) is 5.91 Å². The molecule has 6 rings (SSSR count). The van der Waals surface area contributed by atoms with Crippen LogP contribution in [0.4, 0.5) is 0 Å². The molecule has 1 aliphatic carbocycles. The summed E-state index contributed by atoms with van der Waals surface area (Å²) in [5.41, 5.74) is 4.71. The highest BCUT2D eigenvalue weighted by molar-refractivity contribution is 5.88. The van der Waals surface area contributed by atoms with Crippen molar-refractivity contribution < 1.29 is 14.6 Å². The summed E-state index contributed by atoms with van der Waals surface area (Å²) in [5, 5.41) is 11.8. The quantitative estimate of drug-likeness (QED) is 0.577. The van der Waals surface area contributed by atoms with E-state index in [-0.39, 0.29) is 24.0 Å². The SMILES string of the molecule is COc1ccc2c3c([nH]c2c1)C(CO)N(Cc1ccccc1)CC31CCN(C(=O)C2CCC2)CC1. The van der Waals surface area contributed by atoms with Crippen molar-refractivity contribution in [1.29, 1.82) is 0 Å². The van der Waals surface area contributed by atoms with Crippen LogP contribution >= 0.6 is 0 Å². The Kier molecular flexibility index (Phi) is 5.81. The second-order valence-electron chi connectivity index (χ2n) is 10.6. The summed E-state index contributed by atoms with van der Waals surface area (Å²) >= 11 is 0. The number of aromatic amines is 1. The summed E-state index contributed by atoms with van der Waals surface area (Å²) in [6.07, 6.45) is 5.19. The molecule has 1 atom stereocenters. The number of H-pyrrole nitrogens is 1. The topological polar surface area (TPSA) is 68.8 Å². The van der Waals surface area contributed by atoms with Crippen LogP contribution in [0.1, 0.15) is 55.0 Å². The Hall–Kier alpha value is -2.83. The Morgan fingerprint density at radius 2 is 1.91 bits per heavy atom. The van der Waals surface area contributed by atoms with Crippen molar-refractivity contribution in [2.75, 3.05) is 33.4 Å². The lowest BCUT2D eigenvalue weighted by atomic mass is 9.68. The maximum absolute atomic E-state index is 13.0. The second kappa shape index (κ2) is 8.99. The van der Waals surface area contributed by atoms with E-state index in [2.05, 4.69) is 51.2 Å². The summed E-state index contributed by atoms with van der Waals surface area (Å²) in [6.45, 7) is 3.34. The molecule has 1 spiro atoms. The highest BCUT2D eigenvalue weighted by Gasteiger charge is 2.48. The third kappa shape index (κ3) is 3.83. The highest BCUT2D eigenvalue weighted by atomic mass is 16.5. The predicted octanol–water partition coefficient (Wildman–Crippen LogP) is 4.39. The summed E-state index contributed by atoms with van der Waals surface area (Å²) < 4.78 is 5.50. The van der Waals surface area contributed by atoms with Crippen LogP contribution in [-0.4, -0.2) is 59.1 Å². The fraction of sp³-hybridized carbons (Fsp3) is 0.483. The Morgan fingerprint density at radius 1 is 1.14 bits per heavy atom. The number of methoxy groups -OCH3 is 1. The third-order valence-electron chi connectivity index (χ3n) is 8.73. The number of piperidine rings is 1. The smallest absolute Gasteiger partial charge is 0.225 e. The first-order chi connectivity index (χ1) is 17.1. The maximum Gasteiger partial charge on any atom is 0.225 e. The number of aliphatic hydroxyl groups is 1. The average Bonchev–Trinajstić information content (AvgIpc) is 3.23. The number of hydrogen-bond acceptors (Lipinski definition) is 4. The van der Waals surface area contributed by atoms with E-state index >= 15 is 0 Å². The molecule has 1 saturated heterocycles. The predicted molar refractivity (Wildman–Crippen MR) is 136 cm³/mol. The summed E-state index contributed by atoms with van der Waals surface area (Å²) in [6, 6.07) is 16.7. The van der Waals surface area contributed by atoms with Crippen LogP contribution in [0.25, 0.3) is 10.9 Å². The standard InChI is InChI=1S/C29H35N3O3/c1-35-22-10-11-23-24(16-22)30-27-25(18-33)32(17-20-6-3-2-4-7-20)19-29(26(23)27)12-14-31(15-13-29)28(34)21-8-5-9-21/h2-4,6-7,10-11,16,21,25,30,33H,5,8-9,12-15,17-19H2,1H3. The van der Waals surface area contributed by atoms with Gasteiger partial charge in [-0.3, -0.25) is 9.69 Å². The number of aromatic nitrogens is 1. The number of nitrogens with zero attached hydrogens (tertiary/aromatic N) is 2. The third-order valence-corrected chi connectivity index (χ3v) is 8.73. The largest absolute Gasteiger partial charge is 0.497 e. The first-order valence-corrected chi connectivity index (χ1v) is 13.0. The van der Waals surface area contributed by atoms with Crippen molar-refractivity contribution >= 4 is 16.8 Å². The van der Waals surface area contributed by atoms with Crippen LogP contribution in [0.15, 0.2) is 48.5 Å². The fourth-order valence-electron chi connectivity index (χ4n) is 6.57. The molecule has 6 nitrogen and oxygen atoms in total. The normalized spacial score (nSPS) is 22.2. The molecular formula is C29H35N3O3. The number of benzene rings is 2. The number of ether oxygens (including phenoxy) is 1. The Balaban J connectivity index is 1.39. The minimum Gasteiger partial charge on any atom is -0.497 e. The van der Waals surface area contributed by atoms with Gasteiger partial charge in [-0.25, -0.2) is 0 Å². The lowest BCUT2D eigenvalue weighted by molar-refractivity contribution is -0.140. The molecule has 1 aromatic heterocycles. The van der Waals surface area contributed by atoms with E-state index in [9.17, 15) is 9.90 Å². The van der Waals surface area contributed by atoms with E-state index in [0.29, 0.717) is 5.91 Å². The molecule has 35 heavy (non-hydrogen) atoms. The number of amides is 1. The summed E-state index contributed by atoms with van der Waals surface area (Å²) in [7, 11) is 1.69. The van der Waals surface area contributed by atoms with Crippen molar-refractivity contribution in [2.24, 2.45) is 5.92 Å². The van der Waals surface area contributed by atoms with Crippen LogP contribution in [0.2, 0.25) is 0 Å². The molecule has 1 saturated carbocycles. The first-order valence-electron chi connectivity index (χ1n) is 13.0. The van der Waals surface area contributed by atoms with Gasteiger partial charge in [-0.1, -0.05) is 36.8 Å². The molecule has 0 radical (unpaired) electrons. The van der Waals surface area contributed by atoms with E-state index in [1.807, 2.05) is 12.1 Å². The number of rotatable bonds is 5. The summed E-state index contributed by atoms with van der Waals surface area (Å²) in [5.74, 6) is 1.44. The molecule has 0 bridgehead atoms. The number of aliphatic hydroxyl groups excluding tert-OH is 1. The minimum absolute atomic E-state index is 0.0565. The first kappa shape index (κ1) is 22.6. The van der Waals surface area contributed by atoms with Gasteiger partial charge in [-0.15, -0.1) is 0 Å². The average molecular weight is 474 g/mol. The zero-order chi connectivity index (χ0) is 24.0. The molecule has 1 unspecified atom stereocenters. The van der Waals surface area contributed by atoms with Crippen molar-refractivity contribution in [1.82, 2.24) is 14.8 Å². The Labute approximate surface area is 206 Å². The van der Waals surface area contributed by atoms with Crippen LogP contribution in [0, 0.1) is 5.92 Å². The van der Waals surface area contributed by atoms with Gasteiger partial charge in [0.15, 0.2) is 0 Å². The zero-order valence-corrected chi connectivity index (χ0v) is 20.5. The number of carbonyl (C=O) groups is 1. The van der Waals surface area contributed by atoms with E-state index in [1.54, 1.807) is 7.11 Å². The van der Waals surface area contributed by atoms with Gasteiger partial charge >= 0.3 is 0 Å².